The van der Waals surface area contributed by atoms with Gasteiger partial charge in [-0.2, -0.15) is 0 Å². The third-order valence-electron chi connectivity index (χ3n) is 4.52. The number of anilines is 1. The Morgan fingerprint density at radius 3 is 2.50 bits per heavy atom. The number of nitrogens with zero attached hydrogens (tertiary/aromatic N) is 1. The molecular weight excluding hydrogens is 374 g/mol. The van der Waals surface area contributed by atoms with Crippen LogP contribution in [0.2, 0.25) is 5.02 Å². The summed E-state index contributed by atoms with van der Waals surface area (Å²) in [5.41, 5.74) is 1.58. The summed E-state index contributed by atoms with van der Waals surface area (Å²) < 4.78 is 28.5. The lowest BCUT2D eigenvalue weighted by Crippen LogP contribution is -2.36. The first-order valence-corrected chi connectivity index (χ1v) is 10.4. The highest BCUT2D eigenvalue weighted by Gasteiger charge is 2.32. The number of carbonyl (C=O) groups excluding carboxylic acids is 1. The van der Waals surface area contributed by atoms with Crippen LogP contribution in [-0.2, 0) is 10.0 Å². The van der Waals surface area contributed by atoms with Crippen LogP contribution in [-0.4, -0.2) is 37.3 Å². The summed E-state index contributed by atoms with van der Waals surface area (Å²) in [4.78, 5) is 17.7. The SMILES string of the molecule is Cc1[nH]c(C)c(S(=O)(=O)Nc2cccc(Cl)c2)c1C(=O)N1CCCCC1. The molecule has 0 spiro atoms. The molecule has 0 atom stereocenters. The maximum Gasteiger partial charge on any atom is 0.264 e. The van der Waals surface area contributed by atoms with E-state index in [0.717, 1.165) is 19.3 Å². The predicted octanol–water partition coefficient (Wildman–Crippen LogP) is 3.71. The van der Waals surface area contributed by atoms with Crippen LogP contribution in [0.25, 0.3) is 0 Å². The van der Waals surface area contributed by atoms with E-state index in [-0.39, 0.29) is 16.4 Å². The van der Waals surface area contributed by atoms with Crippen molar-refractivity contribution in [1.82, 2.24) is 9.88 Å². The zero-order valence-electron chi connectivity index (χ0n) is 14.8. The Hall–Kier alpha value is -1.99. The number of hydrogen-bond acceptors (Lipinski definition) is 3. The van der Waals surface area contributed by atoms with Crippen molar-refractivity contribution in [2.75, 3.05) is 17.8 Å². The van der Waals surface area contributed by atoms with E-state index in [1.165, 1.54) is 6.07 Å². The maximum atomic E-state index is 13.0. The smallest absolute Gasteiger partial charge is 0.264 e. The molecule has 2 N–H and O–H groups in total. The first-order valence-electron chi connectivity index (χ1n) is 8.56. The van der Waals surface area contributed by atoms with Crippen molar-refractivity contribution >= 4 is 33.2 Å². The molecule has 1 fully saturated rings. The normalized spacial score (nSPS) is 15.1. The third-order valence-corrected chi connectivity index (χ3v) is 6.31. The fraction of sp³-hybridized carbons (Fsp3) is 0.389. The van der Waals surface area contributed by atoms with Crippen LogP contribution in [0.1, 0.15) is 41.0 Å². The minimum Gasteiger partial charge on any atom is -0.361 e. The number of benzene rings is 1. The van der Waals surface area contributed by atoms with Gasteiger partial charge in [0.2, 0.25) is 0 Å². The van der Waals surface area contributed by atoms with Crippen molar-refractivity contribution in [3.8, 4) is 0 Å². The number of nitrogens with one attached hydrogen (secondary N) is 2. The molecule has 1 aromatic heterocycles. The molecule has 0 radical (unpaired) electrons. The lowest BCUT2D eigenvalue weighted by Gasteiger charge is -2.27. The highest BCUT2D eigenvalue weighted by Crippen LogP contribution is 2.28. The van der Waals surface area contributed by atoms with Crippen molar-refractivity contribution in [3.63, 3.8) is 0 Å². The quantitative estimate of drug-likeness (QED) is 0.827. The molecule has 1 aliphatic heterocycles. The zero-order chi connectivity index (χ0) is 18.9. The maximum absolute atomic E-state index is 13.0. The Balaban J connectivity index is 2.00. The molecule has 0 saturated carbocycles. The molecule has 0 unspecified atom stereocenters. The Morgan fingerprint density at radius 1 is 1.15 bits per heavy atom. The molecule has 1 aromatic carbocycles. The van der Waals surface area contributed by atoms with Gasteiger partial charge < -0.3 is 9.88 Å². The van der Waals surface area contributed by atoms with Crippen LogP contribution < -0.4 is 4.72 Å². The van der Waals surface area contributed by atoms with Crippen LogP contribution in [0.5, 0.6) is 0 Å². The van der Waals surface area contributed by atoms with Gasteiger partial charge in [-0.25, -0.2) is 8.42 Å². The van der Waals surface area contributed by atoms with Crippen molar-refractivity contribution in [3.05, 3.63) is 46.2 Å². The van der Waals surface area contributed by atoms with E-state index in [1.54, 1.807) is 36.9 Å². The second-order valence-electron chi connectivity index (χ2n) is 6.55. The van der Waals surface area contributed by atoms with E-state index < -0.39 is 10.0 Å². The molecule has 2 aromatic rings. The van der Waals surface area contributed by atoms with E-state index >= 15 is 0 Å². The molecule has 8 heteroatoms. The Kier molecular flexibility index (Phi) is 5.29. The van der Waals surface area contributed by atoms with Gasteiger partial charge in [0.15, 0.2) is 0 Å². The first-order chi connectivity index (χ1) is 12.3. The zero-order valence-corrected chi connectivity index (χ0v) is 16.4. The monoisotopic (exact) mass is 395 g/mol. The average molecular weight is 396 g/mol. The molecule has 140 valence electrons. The molecule has 1 saturated heterocycles. The van der Waals surface area contributed by atoms with Crippen molar-refractivity contribution in [2.45, 2.75) is 38.0 Å². The van der Waals surface area contributed by atoms with Crippen molar-refractivity contribution < 1.29 is 13.2 Å². The highest BCUT2D eigenvalue weighted by molar-refractivity contribution is 7.92. The highest BCUT2D eigenvalue weighted by atomic mass is 35.5. The minimum atomic E-state index is -3.94. The summed E-state index contributed by atoms with van der Waals surface area (Å²) in [6.45, 7) is 4.70. The Labute approximate surface area is 158 Å². The molecule has 3 rings (SSSR count). The number of aryl methyl sites for hydroxylation is 2. The van der Waals surface area contributed by atoms with Crippen LogP contribution in [0.15, 0.2) is 29.2 Å². The number of H-pyrrole nitrogens is 1. The van der Waals surface area contributed by atoms with Crippen LogP contribution >= 0.6 is 11.6 Å². The van der Waals surface area contributed by atoms with E-state index in [4.69, 9.17) is 11.6 Å². The van der Waals surface area contributed by atoms with Crippen LogP contribution in [0.3, 0.4) is 0 Å². The Morgan fingerprint density at radius 2 is 1.85 bits per heavy atom. The number of sulfonamides is 1. The van der Waals surface area contributed by atoms with Gasteiger partial charge in [0.25, 0.3) is 15.9 Å². The fourth-order valence-corrected chi connectivity index (χ4v) is 5.06. The third kappa shape index (κ3) is 3.73. The van der Waals surface area contributed by atoms with Gasteiger partial charge in [-0.15, -0.1) is 0 Å². The molecule has 0 bridgehead atoms. The number of hydrogen-bond donors (Lipinski definition) is 2. The second-order valence-corrected chi connectivity index (χ2v) is 8.60. The number of aromatic nitrogens is 1. The first kappa shape index (κ1) is 18.8. The second kappa shape index (κ2) is 7.32. The number of rotatable bonds is 4. The van der Waals surface area contributed by atoms with Gasteiger partial charge in [0, 0.05) is 29.5 Å². The van der Waals surface area contributed by atoms with E-state index in [2.05, 4.69) is 9.71 Å². The van der Waals surface area contributed by atoms with Gasteiger partial charge in [-0.05, 0) is 51.3 Å². The summed E-state index contributed by atoms with van der Waals surface area (Å²) in [6, 6.07) is 6.47. The lowest BCUT2D eigenvalue weighted by atomic mass is 10.1. The van der Waals surface area contributed by atoms with E-state index in [9.17, 15) is 13.2 Å². The average Bonchev–Trinajstić information content (AvgIpc) is 2.89. The summed E-state index contributed by atoms with van der Waals surface area (Å²) in [6.07, 6.45) is 2.98. The molecule has 1 aliphatic rings. The largest absolute Gasteiger partial charge is 0.361 e. The standard InChI is InChI=1S/C18H22ClN3O3S/c1-12-16(18(23)22-9-4-3-5-10-22)17(13(2)20-12)26(24,25)21-15-8-6-7-14(19)11-15/h6-8,11,20-21H,3-5,9-10H2,1-2H3. The van der Waals surface area contributed by atoms with Crippen molar-refractivity contribution in [1.29, 1.82) is 0 Å². The van der Waals surface area contributed by atoms with Gasteiger partial charge in [0.05, 0.1) is 11.3 Å². The van der Waals surface area contributed by atoms with Gasteiger partial charge in [-0.1, -0.05) is 17.7 Å². The number of piperidine rings is 1. The molecular formula is C18H22ClN3O3S. The molecule has 2 heterocycles. The van der Waals surface area contributed by atoms with E-state index in [1.807, 2.05) is 0 Å². The predicted molar refractivity (Wildman–Crippen MR) is 102 cm³/mol. The number of halogens is 1. The number of amides is 1. The summed E-state index contributed by atoms with van der Waals surface area (Å²) in [5, 5.41) is 0.428. The summed E-state index contributed by atoms with van der Waals surface area (Å²) in [5.74, 6) is -0.238. The van der Waals surface area contributed by atoms with Crippen LogP contribution in [0, 0.1) is 13.8 Å². The molecule has 6 nitrogen and oxygen atoms in total. The minimum absolute atomic E-state index is 0.00514. The van der Waals surface area contributed by atoms with Crippen LogP contribution in [0.4, 0.5) is 5.69 Å². The van der Waals surface area contributed by atoms with Crippen molar-refractivity contribution in [2.24, 2.45) is 0 Å². The summed E-state index contributed by atoms with van der Waals surface area (Å²) in [7, 11) is -3.94. The van der Waals surface area contributed by atoms with Gasteiger partial charge >= 0.3 is 0 Å². The van der Waals surface area contributed by atoms with Gasteiger partial charge in [0.1, 0.15) is 4.90 Å². The number of aromatic amines is 1. The molecule has 26 heavy (non-hydrogen) atoms. The summed E-state index contributed by atoms with van der Waals surface area (Å²) >= 11 is 5.94. The fourth-order valence-electron chi connectivity index (χ4n) is 3.37. The number of likely N-dealkylation sites (tertiary alicyclic amines) is 1. The molecule has 1 amide bonds. The number of carbonyl (C=O) groups is 1. The van der Waals surface area contributed by atoms with E-state index in [0.29, 0.717) is 35.2 Å². The lowest BCUT2D eigenvalue weighted by molar-refractivity contribution is 0.0720. The Bertz CT molecular complexity index is 931. The topological polar surface area (TPSA) is 82.3 Å². The van der Waals surface area contributed by atoms with Gasteiger partial charge in [-0.3, -0.25) is 9.52 Å². The molecule has 0 aliphatic carbocycles.